The molecule has 0 spiro atoms. The van der Waals surface area contributed by atoms with Crippen molar-refractivity contribution < 1.29 is 19.7 Å². The molecule has 7 heteroatoms. The normalized spacial score (nSPS) is 29.1. The second-order valence-corrected chi connectivity index (χ2v) is 6.70. The van der Waals surface area contributed by atoms with Gasteiger partial charge in [-0.3, -0.25) is 4.79 Å². The van der Waals surface area contributed by atoms with Crippen LogP contribution < -0.4 is 5.32 Å². The summed E-state index contributed by atoms with van der Waals surface area (Å²) in [7, 11) is 0. The number of carboxylic acids is 1. The van der Waals surface area contributed by atoms with E-state index in [0.717, 1.165) is 0 Å². The smallest absolute Gasteiger partial charge is 0.320 e. The molecule has 0 radical (unpaired) electrons. The molecule has 0 aromatic rings. The van der Waals surface area contributed by atoms with E-state index in [9.17, 15) is 4.79 Å². The molecule has 0 aromatic heterocycles. The zero-order valence-corrected chi connectivity index (χ0v) is 8.59. The van der Waals surface area contributed by atoms with Gasteiger partial charge in [-0.1, -0.05) is 0 Å². The van der Waals surface area contributed by atoms with Gasteiger partial charge in [0.25, 0.3) is 0 Å². The van der Waals surface area contributed by atoms with Crippen LogP contribution in [-0.4, -0.2) is 39.6 Å². The van der Waals surface area contributed by atoms with Gasteiger partial charge in [0.05, 0.1) is 0 Å². The van der Waals surface area contributed by atoms with Crippen LogP contribution in [0.2, 0.25) is 0 Å². The van der Waals surface area contributed by atoms with Crippen LogP contribution in [0.25, 0.3) is 0 Å². The zero-order chi connectivity index (χ0) is 10.1. The Morgan fingerprint density at radius 3 is 2.62 bits per heavy atom. The summed E-state index contributed by atoms with van der Waals surface area (Å²) >= 11 is 4.47. The van der Waals surface area contributed by atoms with E-state index in [4.69, 9.17) is 14.9 Å². The van der Waals surface area contributed by atoms with Gasteiger partial charge in [0.2, 0.25) is 0 Å². The van der Waals surface area contributed by atoms with Gasteiger partial charge in [-0.15, -0.1) is 0 Å². The zero-order valence-electron chi connectivity index (χ0n) is 6.88. The molecule has 13 heavy (non-hydrogen) atoms. The average molecular weight is 225 g/mol. The highest BCUT2D eigenvalue weighted by Crippen LogP contribution is 2.39. The largest absolute Gasteiger partial charge is 0.480 e. The first-order chi connectivity index (χ1) is 5.88. The van der Waals surface area contributed by atoms with Crippen molar-refractivity contribution in [3.05, 3.63) is 0 Å². The molecule has 76 valence electrons. The lowest BCUT2D eigenvalue weighted by Crippen LogP contribution is -2.29. The van der Waals surface area contributed by atoms with Crippen LogP contribution in [-0.2, 0) is 16.6 Å². The molecule has 1 saturated heterocycles. The van der Waals surface area contributed by atoms with Crippen molar-refractivity contribution in [1.82, 2.24) is 5.32 Å². The minimum Gasteiger partial charge on any atom is -0.480 e. The van der Waals surface area contributed by atoms with Crippen LogP contribution in [0.15, 0.2) is 0 Å². The maximum absolute atomic E-state index is 10.5. The molecule has 1 fully saturated rings. The monoisotopic (exact) mass is 225 g/mol. The van der Waals surface area contributed by atoms with Crippen molar-refractivity contribution in [3.63, 3.8) is 0 Å². The molecule has 2 atom stereocenters. The molecule has 2 unspecified atom stereocenters. The van der Waals surface area contributed by atoms with Gasteiger partial charge >= 0.3 is 5.97 Å². The third kappa shape index (κ3) is 3.70. The van der Waals surface area contributed by atoms with Crippen molar-refractivity contribution in [1.29, 1.82) is 0 Å². The van der Waals surface area contributed by atoms with Gasteiger partial charge in [-0.25, -0.2) is 0 Å². The van der Waals surface area contributed by atoms with E-state index in [1.54, 1.807) is 0 Å². The molecular weight excluding hydrogens is 213 g/mol. The Hall–Kier alpha value is -0.0000000000000000486. The molecule has 0 bridgehead atoms. The Morgan fingerprint density at radius 1 is 1.62 bits per heavy atom. The molecule has 0 aromatic carbocycles. The van der Waals surface area contributed by atoms with Gasteiger partial charge in [0, 0.05) is 6.16 Å². The predicted octanol–water partition coefficient (Wildman–Crippen LogP) is -0.657. The molecule has 5 nitrogen and oxygen atoms in total. The highest BCUT2D eigenvalue weighted by Gasteiger charge is 2.31. The van der Waals surface area contributed by atoms with Crippen molar-refractivity contribution in [2.45, 2.75) is 12.5 Å². The fourth-order valence-corrected chi connectivity index (χ4v) is 3.06. The van der Waals surface area contributed by atoms with E-state index in [1.807, 2.05) is 0 Å². The highest BCUT2D eigenvalue weighted by molar-refractivity contribution is 8.09. The Morgan fingerprint density at radius 2 is 2.23 bits per heavy atom. The van der Waals surface area contributed by atoms with Crippen LogP contribution in [0.3, 0.4) is 0 Å². The third-order valence-corrected chi connectivity index (χ3v) is 3.46. The van der Waals surface area contributed by atoms with Crippen LogP contribution in [0.4, 0.5) is 0 Å². The maximum atomic E-state index is 10.5. The molecule has 4 N–H and O–H groups in total. The molecule has 1 aliphatic heterocycles. The van der Waals surface area contributed by atoms with Gasteiger partial charge in [0.15, 0.2) is 6.49 Å². The summed E-state index contributed by atoms with van der Waals surface area (Å²) in [5.41, 5.74) is 0. The first-order valence-corrected chi connectivity index (χ1v) is 6.78. The fourth-order valence-electron chi connectivity index (χ4n) is 1.47. The summed E-state index contributed by atoms with van der Waals surface area (Å²) in [6, 6.07) is -0.563. The standard InChI is InChI=1S/C6H12NO4PS/c8-6(9)5-1-4(2-7-5)3-12(10,11)13/h4-5,7H,1-3H2,(H,8,9)(H2,10,11,13). The summed E-state index contributed by atoms with van der Waals surface area (Å²) in [6.07, 6.45) is 0.563. The molecule has 1 aliphatic rings. The second kappa shape index (κ2) is 4.02. The Labute approximate surface area is 80.9 Å². The van der Waals surface area contributed by atoms with Crippen LogP contribution >= 0.6 is 6.49 Å². The lowest BCUT2D eigenvalue weighted by atomic mass is 10.1. The SMILES string of the molecule is O=C(O)C1CC(CP(O)(O)=S)CN1. The van der Waals surface area contributed by atoms with E-state index in [1.165, 1.54) is 0 Å². The number of carboxylic acid groups (broad SMARTS) is 1. The minimum absolute atomic E-state index is 0.0260. The molecule has 1 heterocycles. The third-order valence-electron chi connectivity index (χ3n) is 2.02. The van der Waals surface area contributed by atoms with E-state index in [0.29, 0.717) is 13.0 Å². The Bertz CT molecular complexity index is 253. The molecule has 0 saturated carbocycles. The number of hydrogen-bond acceptors (Lipinski definition) is 3. The lowest BCUT2D eigenvalue weighted by molar-refractivity contribution is -0.139. The summed E-state index contributed by atoms with van der Waals surface area (Å²) in [6.45, 7) is -2.67. The molecule has 0 amide bonds. The number of carbonyl (C=O) groups is 1. The van der Waals surface area contributed by atoms with Gasteiger partial charge in [-0.05, 0) is 30.7 Å². The summed E-state index contributed by atoms with van der Waals surface area (Å²) in [4.78, 5) is 28.5. The summed E-state index contributed by atoms with van der Waals surface area (Å²) in [5.74, 6) is -0.923. The van der Waals surface area contributed by atoms with Crippen molar-refractivity contribution >= 4 is 24.3 Å². The summed E-state index contributed by atoms with van der Waals surface area (Å²) in [5, 5.41) is 11.4. The highest BCUT2D eigenvalue weighted by atomic mass is 32.5. The predicted molar refractivity (Wildman–Crippen MR) is 51.1 cm³/mol. The van der Waals surface area contributed by atoms with Gasteiger partial charge in [0.1, 0.15) is 6.04 Å². The first kappa shape index (κ1) is 11.1. The first-order valence-electron chi connectivity index (χ1n) is 3.89. The number of rotatable bonds is 3. The fraction of sp³-hybridized carbons (Fsp3) is 0.833. The van der Waals surface area contributed by atoms with Crippen LogP contribution in [0.5, 0.6) is 0 Å². The van der Waals surface area contributed by atoms with E-state index in [-0.39, 0.29) is 12.1 Å². The molecule has 1 rings (SSSR count). The minimum atomic E-state index is -3.17. The number of nitrogens with one attached hydrogen (secondary N) is 1. The van der Waals surface area contributed by atoms with E-state index >= 15 is 0 Å². The second-order valence-electron chi connectivity index (χ2n) is 3.25. The topological polar surface area (TPSA) is 89.8 Å². The summed E-state index contributed by atoms with van der Waals surface area (Å²) < 4.78 is 0. The van der Waals surface area contributed by atoms with Crippen molar-refractivity contribution in [2.24, 2.45) is 5.92 Å². The lowest BCUT2D eigenvalue weighted by Gasteiger charge is -2.11. The number of hydrogen-bond donors (Lipinski definition) is 4. The van der Waals surface area contributed by atoms with Crippen LogP contribution in [0, 0.1) is 5.92 Å². The van der Waals surface area contributed by atoms with E-state index < -0.39 is 18.5 Å². The van der Waals surface area contributed by atoms with Crippen molar-refractivity contribution in [2.75, 3.05) is 12.7 Å². The van der Waals surface area contributed by atoms with Crippen molar-refractivity contribution in [3.8, 4) is 0 Å². The average Bonchev–Trinajstić information content (AvgIpc) is 2.31. The van der Waals surface area contributed by atoms with Gasteiger partial charge in [-0.2, -0.15) is 0 Å². The number of aliphatic carboxylic acids is 1. The molecular formula is C6H12NO4PS. The molecule has 0 aliphatic carbocycles. The van der Waals surface area contributed by atoms with E-state index in [2.05, 4.69) is 17.1 Å². The maximum Gasteiger partial charge on any atom is 0.320 e. The van der Waals surface area contributed by atoms with Gasteiger partial charge < -0.3 is 20.2 Å². The Balaban J connectivity index is 2.42. The Kier molecular flexibility index (Phi) is 3.43. The quantitative estimate of drug-likeness (QED) is 0.477. The van der Waals surface area contributed by atoms with Crippen LogP contribution in [0.1, 0.15) is 6.42 Å².